The van der Waals surface area contributed by atoms with Gasteiger partial charge in [-0.1, -0.05) is 19.3 Å². The second kappa shape index (κ2) is 10.6. The molecule has 1 aliphatic carbocycles. The molecule has 5 rings (SSSR count). The first-order chi connectivity index (χ1) is 17.1. The minimum Gasteiger partial charge on any atom is -0.367 e. The summed E-state index contributed by atoms with van der Waals surface area (Å²) in [4.78, 5) is 28.9. The number of nitrogens with zero attached hydrogens (tertiary/aromatic N) is 4. The molecule has 0 aromatic carbocycles. The Morgan fingerprint density at radius 1 is 1.03 bits per heavy atom. The van der Waals surface area contributed by atoms with E-state index in [9.17, 15) is 4.79 Å². The van der Waals surface area contributed by atoms with E-state index in [1.807, 2.05) is 44.6 Å². The summed E-state index contributed by atoms with van der Waals surface area (Å²) in [6.45, 7) is 5.65. The third-order valence-corrected chi connectivity index (χ3v) is 7.22. The molecule has 7 nitrogen and oxygen atoms in total. The van der Waals surface area contributed by atoms with Crippen molar-refractivity contribution in [3.63, 3.8) is 0 Å². The maximum atomic E-state index is 12.5. The summed E-state index contributed by atoms with van der Waals surface area (Å²) in [5.74, 6) is 2.13. The number of rotatable bonds is 6. The lowest BCUT2D eigenvalue weighted by atomic mass is 9.95. The fourth-order valence-electron chi connectivity index (χ4n) is 5.35. The molecule has 1 aliphatic heterocycles. The van der Waals surface area contributed by atoms with Crippen molar-refractivity contribution in [3.05, 3.63) is 42.9 Å². The molecule has 3 aromatic heterocycles. The molecule has 2 fully saturated rings. The van der Waals surface area contributed by atoms with Crippen LogP contribution >= 0.6 is 0 Å². The molecular weight excluding hydrogens is 436 g/mol. The Morgan fingerprint density at radius 3 is 2.60 bits per heavy atom. The maximum absolute atomic E-state index is 12.5. The number of aromatic nitrogens is 3. The lowest BCUT2D eigenvalue weighted by molar-refractivity contribution is -0.126. The molecule has 1 amide bonds. The Balaban J connectivity index is 1.40. The number of fused-ring (bicyclic) bond motifs is 1. The first kappa shape index (κ1) is 23.5. The lowest BCUT2D eigenvalue weighted by Crippen LogP contribution is -2.42. The minimum absolute atomic E-state index is 0.0679. The van der Waals surface area contributed by atoms with Gasteiger partial charge in [0.1, 0.15) is 11.6 Å². The molecule has 4 heterocycles. The second-order valence-electron chi connectivity index (χ2n) is 10.3. The van der Waals surface area contributed by atoms with Crippen molar-refractivity contribution in [2.24, 2.45) is 5.92 Å². The van der Waals surface area contributed by atoms with Crippen LogP contribution in [0.3, 0.4) is 0 Å². The van der Waals surface area contributed by atoms with E-state index in [4.69, 9.17) is 4.98 Å². The zero-order chi connectivity index (χ0) is 24.2. The fraction of sp³-hybridized carbons (Fsp3) is 0.500. The van der Waals surface area contributed by atoms with Crippen LogP contribution in [-0.2, 0) is 4.79 Å². The Bertz CT molecular complexity index is 1170. The SMILES string of the molecule is CC(C)NC(=O)C1CCN(c2nc(-c3ccnc(NC4CCCCC4)c3)cc3cnccc23)CC1. The van der Waals surface area contributed by atoms with Gasteiger partial charge in [-0.15, -0.1) is 0 Å². The van der Waals surface area contributed by atoms with Gasteiger partial charge in [-0.25, -0.2) is 9.97 Å². The molecule has 0 radical (unpaired) electrons. The van der Waals surface area contributed by atoms with E-state index in [1.54, 1.807) is 0 Å². The molecule has 0 spiro atoms. The number of hydrogen-bond donors (Lipinski definition) is 2. The third-order valence-electron chi connectivity index (χ3n) is 7.22. The van der Waals surface area contributed by atoms with Crippen LogP contribution in [0.4, 0.5) is 11.6 Å². The zero-order valence-corrected chi connectivity index (χ0v) is 20.8. The van der Waals surface area contributed by atoms with Gasteiger partial charge >= 0.3 is 0 Å². The van der Waals surface area contributed by atoms with Crippen LogP contribution in [0.15, 0.2) is 42.9 Å². The highest BCUT2D eigenvalue weighted by atomic mass is 16.1. The first-order valence-electron chi connectivity index (χ1n) is 13.1. The van der Waals surface area contributed by atoms with Gasteiger partial charge in [-0.2, -0.15) is 0 Å². The van der Waals surface area contributed by atoms with Crippen LogP contribution in [0, 0.1) is 5.92 Å². The van der Waals surface area contributed by atoms with Gasteiger partial charge in [-0.3, -0.25) is 9.78 Å². The number of piperidine rings is 1. The van der Waals surface area contributed by atoms with Crippen molar-refractivity contribution in [2.75, 3.05) is 23.3 Å². The van der Waals surface area contributed by atoms with Gasteiger partial charge < -0.3 is 15.5 Å². The number of carbonyl (C=O) groups is 1. The van der Waals surface area contributed by atoms with E-state index < -0.39 is 0 Å². The molecular formula is C28H36N6O. The van der Waals surface area contributed by atoms with E-state index in [2.05, 4.69) is 37.6 Å². The van der Waals surface area contributed by atoms with Crippen LogP contribution in [0.1, 0.15) is 58.8 Å². The van der Waals surface area contributed by atoms with Gasteiger partial charge in [-0.05, 0) is 63.8 Å². The normalized spacial score (nSPS) is 17.6. The van der Waals surface area contributed by atoms with Crippen LogP contribution in [0.2, 0.25) is 0 Å². The van der Waals surface area contributed by atoms with E-state index in [0.717, 1.165) is 59.6 Å². The summed E-state index contributed by atoms with van der Waals surface area (Å²) < 4.78 is 0. The van der Waals surface area contributed by atoms with Crippen molar-refractivity contribution >= 4 is 28.3 Å². The van der Waals surface area contributed by atoms with Crippen molar-refractivity contribution in [3.8, 4) is 11.3 Å². The molecule has 1 saturated carbocycles. The molecule has 0 atom stereocenters. The summed E-state index contributed by atoms with van der Waals surface area (Å²) >= 11 is 0. The van der Waals surface area contributed by atoms with Crippen LogP contribution < -0.4 is 15.5 Å². The molecule has 184 valence electrons. The van der Waals surface area contributed by atoms with Crippen molar-refractivity contribution in [1.82, 2.24) is 20.3 Å². The van der Waals surface area contributed by atoms with Crippen LogP contribution in [0.25, 0.3) is 22.0 Å². The Kier molecular flexibility index (Phi) is 7.11. The number of anilines is 2. The summed E-state index contributed by atoms with van der Waals surface area (Å²) in [5, 5.41) is 8.88. The smallest absolute Gasteiger partial charge is 0.223 e. The van der Waals surface area contributed by atoms with Crippen LogP contribution in [0.5, 0.6) is 0 Å². The maximum Gasteiger partial charge on any atom is 0.223 e. The van der Waals surface area contributed by atoms with E-state index in [-0.39, 0.29) is 17.9 Å². The monoisotopic (exact) mass is 472 g/mol. The average molecular weight is 473 g/mol. The van der Waals surface area contributed by atoms with Gasteiger partial charge in [0, 0.05) is 66.0 Å². The summed E-state index contributed by atoms with van der Waals surface area (Å²) in [5.41, 5.74) is 1.98. The Labute approximate surface area is 207 Å². The standard InChI is InChI=1S/C28H36N6O/c1-19(2)31-28(35)20-10-14-34(15-11-20)27-24-9-12-29-18-22(24)16-25(33-27)21-8-13-30-26(17-21)32-23-6-4-3-5-7-23/h8-9,12-13,16-20,23H,3-7,10-11,14-15H2,1-2H3,(H,30,32)(H,31,35). The quantitative estimate of drug-likeness (QED) is 0.515. The van der Waals surface area contributed by atoms with Gasteiger partial charge in [0.25, 0.3) is 0 Å². The highest BCUT2D eigenvalue weighted by Crippen LogP contribution is 2.33. The number of carbonyl (C=O) groups excluding carboxylic acids is 1. The van der Waals surface area contributed by atoms with Gasteiger partial charge in [0.15, 0.2) is 0 Å². The molecule has 0 bridgehead atoms. The Morgan fingerprint density at radius 2 is 1.83 bits per heavy atom. The average Bonchev–Trinajstić information content (AvgIpc) is 2.88. The number of pyridine rings is 3. The molecule has 3 aromatic rings. The molecule has 1 saturated heterocycles. The predicted octanol–water partition coefficient (Wildman–Crippen LogP) is 5.18. The predicted molar refractivity (Wildman–Crippen MR) is 141 cm³/mol. The largest absolute Gasteiger partial charge is 0.367 e. The number of hydrogen-bond acceptors (Lipinski definition) is 6. The van der Waals surface area contributed by atoms with E-state index in [1.165, 1.54) is 32.1 Å². The number of amides is 1. The summed E-state index contributed by atoms with van der Waals surface area (Å²) in [6, 6.07) is 8.99. The molecule has 2 N–H and O–H groups in total. The zero-order valence-electron chi connectivity index (χ0n) is 20.8. The second-order valence-corrected chi connectivity index (χ2v) is 10.3. The number of nitrogens with one attached hydrogen (secondary N) is 2. The minimum atomic E-state index is 0.0679. The fourth-order valence-corrected chi connectivity index (χ4v) is 5.35. The molecule has 35 heavy (non-hydrogen) atoms. The van der Waals surface area contributed by atoms with Crippen molar-refractivity contribution < 1.29 is 4.79 Å². The molecule has 0 unspecified atom stereocenters. The highest BCUT2D eigenvalue weighted by molar-refractivity contribution is 5.94. The highest BCUT2D eigenvalue weighted by Gasteiger charge is 2.27. The molecule has 2 aliphatic rings. The van der Waals surface area contributed by atoms with Gasteiger partial charge in [0.05, 0.1) is 5.69 Å². The third kappa shape index (κ3) is 5.55. The summed E-state index contributed by atoms with van der Waals surface area (Å²) in [7, 11) is 0. The Hall–Kier alpha value is -3.22. The summed E-state index contributed by atoms with van der Waals surface area (Å²) in [6.07, 6.45) is 13.6. The molecule has 7 heteroatoms. The van der Waals surface area contributed by atoms with Gasteiger partial charge in [0.2, 0.25) is 5.91 Å². The lowest BCUT2D eigenvalue weighted by Gasteiger charge is -2.33. The van der Waals surface area contributed by atoms with E-state index in [0.29, 0.717) is 6.04 Å². The van der Waals surface area contributed by atoms with Crippen molar-refractivity contribution in [2.45, 2.75) is 70.9 Å². The topological polar surface area (TPSA) is 83.0 Å². The van der Waals surface area contributed by atoms with E-state index >= 15 is 0 Å². The van der Waals surface area contributed by atoms with Crippen LogP contribution in [-0.4, -0.2) is 46.0 Å². The van der Waals surface area contributed by atoms with Crippen molar-refractivity contribution in [1.29, 1.82) is 0 Å². The first-order valence-corrected chi connectivity index (χ1v) is 13.1.